The summed E-state index contributed by atoms with van der Waals surface area (Å²) in [6.07, 6.45) is -0.875. The number of aromatic nitrogens is 2. The van der Waals surface area contributed by atoms with Crippen LogP contribution in [-0.4, -0.2) is 22.6 Å². The molecule has 0 aliphatic heterocycles. The molecular weight excluding hydrogens is 385 g/mol. The average Bonchev–Trinajstić information content (AvgIpc) is 3.18. The van der Waals surface area contributed by atoms with E-state index in [9.17, 15) is 18.0 Å². The first-order valence-electron chi connectivity index (χ1n) is 9.77. The number of hydrogen-bond acceptors (Lipinski definition) is 5. The van der Waals surface area contributed by atoms with Gasteiger partial charge in [0.05, 0.1) is 5.56 Å². The molecule has 1 amide bonds. The van der Waals surface area contributed by atoms with Crippen LogP contribution < -0.4 is 11.1 Å². The maximum absolute atomic E-state index is 12.9. The van der Waals surface area contributed by atoms with Gasteiger partial charge in [0.15, 0.2) is 0 Å². The monoisotopic (exact) mass is 412 g/mol. The topological polar surface area (TPSA) is 94.0 Å². The fourth-order valence-electron chi connectivity index (χ4n) is 2.85. The van der Waals surface area contributed by atoms with Crippen molar-refractivity contribution in [3.63, 3.8) is 0 Å². The summed E-state index contributed by atoms with van der Waals surface area (Å²) in [7, 11) is 0. The second-order valence-electron chi connectivity index (χ2n) is 7.06. The normalized spacial score (nSPS) is 13.9. The van der Waals surface area contributed by atoms with E-state index in [0.717, 1.165) is 37.8 Å². The quantitative estimate of drug-likeness (QED) is 0.561. The van der Waals surface area contributed by atoms with E-state index in [2.05, 4.69) is 15.5 Å². The van der Waals surface area contributed by atoms with Crippen molar-refractivity contribution in [1.29, 1.82) is 0 Å². The molecular formula is C20H27F3N4O2. The molecule has 29 heavy (non-hydrogen) atoms. The molecule has 0 spiro atoms. The number of alkyl halides is 3. The van der Waals surface area contributed by atoms with Gasteiger partial charge in [-0.15, -0.1) is 0 Å². The van der Waals surface area contributed by atoms with Crippen molar-refractivity contribution in [3.05, 3.63) is 35.7 Å². The first kappa shape index (κ1) is 22.9. The summed E-state index contributed by atoms with van der Waals surface area (Å²) in [4.78, 5) is 16.5. The fraction of sp³-hybridized carbons (Fsp3) is 0.550. The number of nitrogens with zero attached hydrogens (tertiary/aromatic N) is 2. The molecule has 2 unspecified atom stereocenters. The van der Waals surface area contributed by atoms with Crippen LogP contribution in [0.5, 0.6) is 0 Å². The Kier molecular flexibility index (Phi) is 8.19. The molecule has 2 aromatic rings. The lowest BCUT2D eigenvalue weighted by molar-refractivity contribution is -0.137. The van der Waals surface area contributed by atoms with Gasteiger partial charge >= 0.3 is 6.18 Å². The molecule has 2 rings (SSSR count). The minimum Gasteiger partial charge on any atom is -0.344 e. The summed E-state index contributed by atoms with van der Waals surface area (Å²) in [5.74, 6) is 0.114. The van der Waals surface area contributed by atoms with Crippen LogP contribution in [0.25, 0.3) is 11.4 Å². The van der Waals surface area contributed by atoms with Gasteiger partial charge < -0.3 is 15.6 Å². The van der Waals surface area contributed by atoms with Crippen molar-refractivity contribution in [2.45, 2.75) is 58.2 Å². The minimum atomic E-state index is -4.46. The molecule has 0 aliphatic carbocycles. The van der Waals surface area contributed by atoms with Gasteiger partial charge in [-0.25, -0.2) is 0 Å². The van der Waals surface area contributed by atoms with E-state index in [-0.39, 0.29) is 29.1 Å². The smallest absolute Gasteiger partial charge is 0.344 e. The Hall–Kier alpha value is -2.42. The molecule has 2 atom stereocenters. The standard InChI is InChI=1S/C20H27F3N4O2/c1-3-13(2)17(25-16(28)10-5-4-6-11-24)19-26-18(27-29-19)14-8-7-9-15(12-14)20(21,22)23/h7-9,12-13,17H,3-6,10-11,24H2,1-2H3,(H,25,28). The van der Waals surface area contributed by atoms with Crippen LogP contribution >= 0.6 is 0 Å². The maximum Gasteiger partial charge on any atom is 0.416 e. The molecule has 1 aromatic carbocycles. The van der Waals surface area contributed by atoms with Crippen LogP contribution in [0.15, 0.2) is 28.8 Å². The highest BCUT2D eigenvalue weighted by Crippen LogP contribution is 2.32. The molecule has 0 radical (unpaired) electrons. The molecule has 6 nitrogen and oxygen atoms in total. The third-order valence-electron chi connectivity index (χ3n) is 4.79. The van der Waals surface area contributed by atoms with Gasteiger partial charge in [-0.05, 0) is 37.4 Å². The van der Waals surface area contributed by atoms with Crippen LogP contribution in [0.4, 0.5) is 13.2 Å². The largest absolute Gasteiger partial charge is 0.416 e. The number of benzene rings is 1. The predicted octanol–water partition coefficient (Wildman–Crippen LogP) is 4.48. The lowest BCUT2D eigenvalue weighted by Gasteiger charge is -2.20. The number of rotatable bonds is 10. The number of nitrogens with one attached hydrogen (secondary N) is 1. The zero-order chi connectivity index (χ0) is 21.4. The van der Waals surface area contributed by atoms with Crippen LogP contribution in [-0.2, 0) is 11.0 Å². The molecule has 0 bridgehead atoms. The second-order valence-corrected chi connectivity index (χ2v) is 7.06. The highest BCUT2D eigenvalue weighted by Gasteiger charge is 2.31. The summed E-state index contributed by atoms with van der Waals surface area (Å²) in [5, 5.41) is 6.74. The van der Waals surface area contributed by atoms with Crippen molar-refractivity contribution < 1.29 is 22.5 Å². The molecule has 3 N–H and O–H groups in total. The summed E-state index contributed by atoms with van der Waals surface area (Å²) >= 11 is 0. The third kappa shape index (κ3) is 6.56. The number of halogens is 3. The van der Waals surface area contributed by atoms with Crippen LogP contribution in [0.2, 0.25) is 0 Å². The van der Waals surface area contributed by atoms with E-state index in [1.807, 2.05) is 13.8 Å². The number of carbonyl (C=O) groups excluding carboxylic acids is 1. The maximum atomic E-state index is 12.9. The van der Waals surface area contributed by atoms with Gasteiger partial charge in [-0.2, -0.15) is 18.2 Å². The van der Waals surface area contributed by atoms with Gasteiger partial charge in [-0.1, -0.05) is 44.0 Å². The Balaban J connectivity index is 2.16. The number of nitrogens with two attached hydrogens (primary N) is 1. The molecule has 0 aliphatic rings. The lowest BCUT2D eigenvalue weighted by Crippen LogP contribution is -2.32. The third-order valence-corrected chi connectivity index (χ3v) is 4.79. The molecule has 1 aromatic heterocycles. The van der Waals surface area contributed by atoms with Crippen LogP contribution in [0.3, 0.4) is 0 Å². The molecule has 160 valence electrons. The second kappa shape index (κ2) is 10.4. The van der Waals surface area contributed by atoms with E-state index in [0.29, 0.717) is 13.0 Å². The summed E-state index contributed by atoms with van der Waals surface area (Å²) in [5.41, 5.74) is 4.87. The summed E-state index contributed by atoms with van der Waals surface area (Å²) in [6.45, 7) is 4.50. The predicted molar refractivity (Wildman–Crippen MR) is 103 cm³/mol. The van der Waals surface area contributed by atoms with Crippen molar-refractivity contribution in [3.8, 4) is 11.4 Å². The van der Waals surface area contributed by atoms with Crippen molar-refractivity contribution in [2.75, 3.05) is 6.54 Å². The first-order chi connectivity index (χ1) is 13.8. The Bertz CT molecular complexity index is 792. The summed E-state index contributed by atoms with van der Waals surface area (Å²) in [6, 6.07) is 4.23. The molecule has 0 saturated carbocycles. The van der Waals surface area contributed by atoms with Gasteiger partial charge in [0.25, 0.3) is 0 Å². The fourth-order valence-corrected chi connectivity index (χ4v) is 2.85. The number of hydrogen-bond donors (Lipinski definition) is 2. The number of unbranched alkanes of at least 4 members (excludes halogenated alkanes) is 2. The first-order valence-corrected chi connectivity index (χ1v) is 9.77. The van der Waals surface area contributed by atoms with Gasteiger partial charge in [0.1, 0.15) is 6.04 Å². The van der Waals surface area contributed by atoms with Gasteiger partial charge in [0, 0.05) is 12.0 Å². The Labute approximate surface area is 168 Å². The Morgan fingerprint density at radius 2 is 2.03 bits per heavy atom. The molecule has 1 heterocycles. The van der Waals surface area contributed by atoms with E-state index in [1.54, 1.807) is 0 Å². The van der Waals surface area contributed by atoms with Crippen molar-refractivity contribution >= 4 is 5.91 Å². The Morgan fingerprint density at radius 1 is 1.28 bits per heavy atom. The van der Waals surface area contributed by atoms with Crippen LogP contribution in [0, 0.1) is 5.92 Å². The van der Waals surface area contributed by atoms with Gasteiger partial charge in [0.2, 0.25) is 17.6 Å². The summed E-state index contributed by atoms with van der Waals surface area (Å²) < 4.78 is 44.1. The lowest BCUT2D eigenvalue weighted by atomic mass is 9.98. The van der Waals surface area contributed by atoms with Crippen molar-refractivity contribution in [2.24, 2.45) is 11.7 Å². The Morgan fingerprint density at radius 3 is 2.69 bits per heavy atom. The highest BCUT2D eigenvalue weighted by atomic mass is 19.4. The number of amides is 1. The van der Waals surface area contributed by atoms with E-state index in [4.69, 9.17) is 10.3 Å². The highest BCUT2D eigenvalue weighted by molar-refractivity contribution is 5.76. The van der Waals surface area contributed by atoms with Crippen LogP contribution in [0.1, 0.15) is 63.4 Å². The average molecular weight is 412 g/mol. The number of carbonyl (C=O) groups is 1. The molecule has 0 saturated heterocycles. The zero-order valence-electron chi connectivity index (χ0n) is 16.6. The minimum absolute atomic E-state index is 0.0119. The van der Waals surface area contributed by atoms with Crippen molar-refractivity contribution in [1.82, 2.24) is 15.5 Å². The van der Waals surface area contributed by atoms with E-state index >= 15 is 0 Å². The molecule has 0 fully saturated rings. The SMILES string of the molecule is CCC(C)C(NC(=O)CCCCCN)c1nc(-c2cccc(C(F)(F)F)c2)no1. The molecule has 9 heteroatoms. The van der Waals surface area contributed by atoms with E-state index < -0.39 is 17.8 Å². The van der Waals surface area contributed by atoms with E-state index in [1.165, 1.54) is 12.1 Å². The van der Waals surface area contributed by atoms with Gasteiger partial charge in [-0.3, -0.25) is 4.79 Å². The zero-order valence-corrected chi connectivity index (χ0v) is 16.6.